The number of halogens is 2. The molecule has 1 aromatic heterocycles. The molecule has 2 aliphatic carbocycles. The summed E-state index contributed by atoms with van der Waals surface area (Å²) in [7, 11) is 0. The Kier molecular flexibility index (Phi) is 21.2. The van der Waals surface area contributed by atoms with Gasteiger partial charge in [0.1, 0.15) is 42.4 Å². The van der Waals surface area contributed by atoms with E-state index < -0.39 is 92.5 Å². The van der Waals surface area contributed by atoms with Crippen LogP contribution in [0.1, 0.15) is 68.1 Å². The number of hydrogen-bond acceptors (Lipinski definition) is 16. The van der Waals surface area contributed by atoms with Gasteiger partial charge in [0.2, 0.25) is 17.7 Å². The van der Waals surface area contributed by atoms with Crippen LogP contribution in [-0.4, -0.2) is 183 Å². The second-order valence-corrected chi connectivity index (χ2v) is 18.4. The van der Waals surface area contributed by atoms with E-state index in [4.69, 9.17) is 38.3 Å². The Morgan fingerprint density at radius 2 is 1.25 bits per heavy atom. The molecule has 2 unspecified atom stereocenters. The molecule has 2 aromatic carbocycles. The monoisotopic (exact) mass is 993 g/mol. The molecule has 10 atom stereocenters. The maximum absolute atomic E-state index is 13.5. The minimum atomic E-state index is -1.89. The molecule has 0 bridgehead atoms. The van der Waals surface area contributed by atoms with Crippen molar-refractivity contribution in [3.05, 3.63) is 83.7 Å². The molecule has 12 N–H and O–H groups in total. The molecule has 3 aromatic rings. The van der Waals surface area contributed by atoms with Crippen molar-refractivity contribution in [1.29, 1.82) is 0 Å². The number of carbonyl (C=O) groups excluding carboxylic acids is 3. The number of ether oxygens (including phenoxy) is 1. The molecule has 1 heterocycles. The number of alkyl halides is 1. The van der Waals surface area contributed by atoms with E-state index in [-0.39, 0.29) is 49.7 Å². The SMILES string of the molecule is O=C(CCN(CCC(=O)NC[C@H](O)[C@@H](O)[C@H](O)[C@H](O)CO)C(=O)CCCCc1ccc(CN(Cl)C2(c3cnccc3-c3ccccc3OC3CC3)CC2Cl)cc1)NC[C@H](O)[C@@H](O)[C@H](O)[C@H](O)CO. The van der Waals surface area contributed by atoms with Crippen molar-refractivity contribution in [3.8, 4) is 16.9 Å². The van der Waals surface area contributed by atoms with Gasteiger partial charge in [-0.1, -0.05) is 42.5 Å². The number of pyridine rings is 1. The quantitative estimate of drug-likeness (QED) is 0.0229. The van der Waals surface area contributed by atoms with Gasteiger partial charge >= 0.3 is 0 Å². The lowest BCUT2D eigenvalue weighted by atomic mass is 9.94. The van der Waals surface area contributed by atoms with Crippen LogP contribution in [0.5, 0.6) is 5.75 Å². The zero-order valence-electron chi connectivity index (χ0n) is 37.6. The molecule has 68 heavy (non-hydrogen) atoms. The Labute approximate surface area is 405 Å². The lowest BCUT2D eigenvalue weighted by molar-refractivity contribution is -0.133. The summed E-state index contributed by atoms with van der Waals surface area (Å²) in [6.45, 7) is -2.69. The Hall–Kier alpha value is -4.06. The van der Waals surface area contributed by atoms with E-state index in [0.717, 1.165) is 46.4 Å². The number of benzene rings is 2. The number of aliphatic hydroxyl groups is 10. The maximum Gasteiger partial charge on any atom is 0.222 e. The van der Waals surface area contributed by atoms with E-state index in [0.29, 0.717) is 32.2 Å². The average Bonchev–Trinajstić information content (AvgIpc) is 4.30. The minimum absolute atomic E-state index is 0.0731. The number of nitrogens with zero attached hydrogens (tertiary/aromatic N) is 3. The first kappa shape index (κ1) is 54.9. The van der Waals surface area contributed by atoms with Crippen molar-refractivity contribution in [1.82, 2.24) is 24.9 Å². The molecule has 0 radical (unpaired) electrons. The molecule has 376 valence electrons. The predicted molar refractivity (Wildman–Crippen MR) is 249 cm³/mol. The lowest BCUT2D eigenvalue weighted by Gasteiger charge is -2.28. The highest BCUT2D eigenvalue weighted by Crippen LogP contribution is 2.58. The Morgan fingerprint density at radius 3 is 1.78 bits per heavy atom. The molecule has 0 saturated heterocycles. The molecule has 2 saturated carbocycles. The summed E-state index contributed by atoms with van der Waals surface area (Å²) < 4.78 is 8.00. The van der Waals surface area contributed by atoms with Crippen LogP contribution in [0, 0.1) is 0 Å². The third-order valence-corrected chi connectivity index (χ3v) is 13.2. The Bertz CT molecular complexity index is 2030. The van der Waals surface area contributed by atoms with E-state index in [2.05, 4.69) is 15.6 Å². The zero-order valence-corrected chi connectivity index (χ0v) is 39.2. The van der Waals surface area contributed by atoms with Crippen molar-refractivity contribution < 1.29 is 70.2 Å². The fourth-order valence-corrected chi connectivity index (χ4v) is 8.63. The van der Waals surface area contributed by atoms with Crippen molar-refractivity contribution in [2.75, 3.05) is 39.4 Å². The molecule has 0 spiro atoms. The van der Waals surface area contributed by atoms with Crippen LogP contribution in [0.25, 0.3) is 11.1 Å². The topological polar surface area (TPSA) is 306 Å². The minimum Gasteiger partial charge on any atom is -0.490 e. The highest BCUT2D eigenvalue weighted by atomic mass is 35.5. The van der Waals surface area contributed by atoms with Crippen molar-refractivity contribution in [3.63, 3.8) is 0 Å². The third kappa shape index (κ3) is 15.2. The van der Waals surface area contributed by atoms with Gasteiger partial charge in [-0.3, -0.25) is 19.4 Å². The average molecular weight is 995 g/mol. The second kappa shape index (κ2) is 26.2. The number of unbranched alkanes of at least 4 members (excludes halogenated alkanes) is 1. The summed E-state index contributed by atoms with van der Waals surface area (Å²) in [6.07, 6.45) is -6.65. The first-order valence-corrected chi connectivity index (χ1v) is 23.6. The molecule has 19 nitrogen and oxygen atoms in total. The lowest BCUT2D eigenvalue weighted by Crippen LogP contribution is -2.50. The Morgan fingerprint density at radius 1 is 0.721 bits per heavy atom. The van der Waals surface area contributed by atoms with Gasteiger partial charge in [-0.05, 0) is 79.1 Å². The van der Waals surface area contributed by atoms with Crippen molar-refractivity contribution >= 4 is 41.1 Å². The van der Waals surface area contributed by atoms with Gasteiger partial charge in [0.05, 0.1) is 42.4 Å². The van der Waals surface area contributed by atoms with Crippen LogP contribution < -0.4 is 15.4 Å². The number of rotatable bonds is 30. The van der Waals surface area contributed by atoms with Gasteiger partial charge in [-0.25, -0.2) is 4.42 Å². The van der Waals surface area contributed by atoms with Crippen LogP contribution in [0.15, 0.2) is 67.0 Å². The van der Waals surface area contributed by atoms with Crippen LogP contribution in [0.3, 0.4) is 0 Å². The van der Waals surface area contributed by atoms with Crippen LogP contribution in [0.4, 0.5) is 0 Å². The highest BCUT2D eigenvalue weighted by Gasteiger charge is 2.60. The van der Waals surface area contributed by atoms with Crippen LogP contribution >= 0.6 is 23.4 Å². The van der Waals surface area contributed by atoms with E-state index >= 15 is 0 Å². The molecular weight excluding hydrogens is 929 g/mol. The first-order valence-electron chi connectivity index (χ1n) is 22.8. The zero-order chi connectivity index (χ0) is 49.5. The standard InChI is InChI=1S/C47H65Cl2N5O14/c48-39-21-47(39,33-22-50-18-15-31(33)32-6-2-3-7-38(32)68-30-13-14-30)54(49)25-29-11-9-28(10-12-29)5-1-4-8-42(63)53(19-16-40(61)51-23-34(57)43(64)45(66)36(59)26-55)20-17-41(62)52-24-35(58)44(65)46(67)37(60)27-56/h2-3,6-7,9-12,15,18,22,30,34-37,39,43-46,55-60,64-67H,1,4-5,8,13-14,16-17,19-21,23-27H2,(H,51,61)(H,52,62)/t34-,35-,36+,37+,39?,43+,44+,45+,46+,47?/m0/s1. The molecule has 2 fully saturated rings. The number of amides is 3. The summed E-state index contributed by atoms with van der Waals surface area (Å²) in [6, 6.07) is 17.9. The Balaban J connectivity index is 1.13. The van der Waals surface area contributed by atoms with E-state index in [1.807, 2.05) is 60.8 Å². The summed E-state index contributed by atoms with van der Waals surface area (Å²) >= 11 is 14.0. The fraction of sp³-hybridized carbons (Fsp3) is 0.574. The molecule has 2 aliphatic rings. The summed E-state index contributed by atoms with van der Waals surface area (Å²) in [5.74, 6) is -0.839. The van der Waals surface area contributed by atoms with E-state index in [1.165, 1.54) is 4.90 Å². The smallest absolute Gasteiger partial charge is 0.222 e. The number of hydrogen-bond donors (Lipinski definition) is 12. The summed E-state index contributed by atoms with van der Waals surface area (Å²) in [5.41, 5.74) is 4.19. The number of carbonyl (C=O) groups is 3. The largest absolute Gasteiger partial charge is 0.490 e. The highest BCUT2D eigenvalue weighted by molar-refractivity contribution is 6.25. The molecular formula is C47H65Cl2N5O14. The number of nitrogens with one attached hydrogen (secondary N) is 2. The first-order chi connectivity index (χ1) is 32.5. The fourth-order valence-electron chi connectivity index (χ4n) is 7.70. The molecule has 3 amide bonds. The molecule has 0 aliphatic heterocycles. The van der Waals surface area contributed by atoms with Gasteiger partial charge in [0, 0.05) is 75.5 Å². The normalized spacial score (nSPS) is 20.3. The number of para-hydroxylation sites is 1. The third-order valence-electron chi connectivity index (χ3n) is 12.3. The van der Waals surface area contributed by atoms with E-state index in [9.17, 15) is 55.2 Å². The van der Waals surface area contributed by atoms with Crippen LogP contribution in [0.2, 0.25) is 0 Å². The number of aliphatic hydroxyl groups excluding tert-OH is 10. The number of aryl methyl sites for hydroxylation is 1. The summed E-state index contributed by atoms with van der Waals surface area (Å²) in [4.78, 5) is 44.6. The van der Waals surface area contributed by atoms with Gasteiger partial charge < -0.3 is 71.3 Å². The maximum atomic E-state index is 13.5. The second-order valence-electron chi connectivity index (χ2n) is 17.5. The van der Waals surface area contributed by atoms with Gasteiger partial charge in [0.15, 0.2) is 0 Å². The predicted octanol–water partition coefficient (Wildman–Crippen LogP) is -0.422. The van der Waals surface area contributed by atoms with Gasteiger partial charge in [-0.2, -0.15) is 0 Å². The van der Waals surface area contributed by atoms with E-state index in [1.54, 1.807) is 10.6 Å². The molecule has 5 rings (SSSR count). The summed E-state index contributed by atoms with van der Waals surface area (Å²) in [5, 5.41) is 102. The molecule has 21 heteroatoms. The van der Waals surface area contributed by atoms with Crippen molar-refractivity contribution in [2.45, 2.75) is 130 Å². The van der Waals surface area contributed by atoms with Gasteiger partial charge in [0.25, 0.3) is 0 Å². The van der Waals surface area contributed by atoms with Crippen molar-refractivity contribution in [2.24, 2.45) is 0 Å². The van der Waals surface area contributed by atoms with Gasteiger partial charge in [-0.15, -0.1) is 11.6 Å². The number of aromatic nitrogens is 1. The van der Waals surface area contributed by atoms with Crippen LogP contribution in [-0.2, 0) is 32.9 Å².